The molecule has 0 aromatic heterocycles. The first-order valence-corrected chi connectivity index (χ1v) is 10.9. The van der Waals surface area contributed by atoms with E-state index in [1.165, 1.54) is 36.4 Å². The number of alkyl halides is 6. The maximum atomic E-state index is 14.3. The van der Waals surface area contributed by atoms with Crippen LogP contribution in [-0.4, -0.2) is 19.7 Å². The van der Waals surface area contributed by atoms with Gasteiger partial charge in [-0.3, -0.25) is 4.68 Å². The number of hydrogen-bond acceptors (Lipinski definition) is 3. The lowest BCUT2D eigenvalue weighted by atomic mass is 9.91. The van der Waals surface area contributed by atoms with E-state index < -0.39 is 52.8 Å². The van der Waals surface area contributed by atoms with Gasteiger partial charge in [0.2, 0.25) is 0 Å². The zero-order valence-electron chi connectivity index (χ0n) is 18.9. The Bertz CT molecular complexity index is 1590. The molecule has 4 nitrogen and oxygen atoms in total. The Kier molecular flexibility index (Phi) is 6.12. The van der Waals surface area contributed by atoms with Gasteiger partial charge in [0.15, 0.2) is 17.5 Å². The van der Waals surface area contributed by atoms with E-state index in [1.807, 2.05) is 0 Å². The molecule has 2 aliphatic heterocycles. The van der Waals surface area contributed by atoms with Crippen LogP contribution in [0.1, 0.15) is 16.7 Å². The molecule has 0 spiro atoms. The van der Waals surface area contributed by atoms with Gasteiger partial charge in [-0.15, -0.1) is 0 Å². The minimum Gasteiger partial charge on any atom is -0.266 e. The van der Waals surface area contributed by atoms with Crippen molar-refractivity contribution in [3.8, 4) is 33.9 Å². The van der Waals surface area contributed by atoms with Crippen LogP contribution in [0.15, 0.2) is 73.1 Å². The third kappa shape index (κ3) is 4.69. The summed E-state index contributed by atoms with van der Waals surface area (Å²) >= 11 is 0. The highest BCUT2D eigenvalue weighted by Gasteiger charge is 2.42. The summed E-state index contributed by atoms with van der Waals surface area (Å²) in [6.45, 7) is -0.906. The topological polar surface area (TPSA) is 43.6 Å². The smallest absolute Gasteiger partial charge is 0.266 e. The first-order valence-electron chi connectivity index (χ1n) is 10.9. The first kappa shape index (κ1) is 25.3. The normalized spacial score (nSPS) is 12.3. The monoisotopic (exact) mass is 534 g/mol. The predicted molar refractivity (Wildman–Crippen MR) is 121 cm³/mol. The highest BCUT2D eigenvalue weighted by atomic mass is 19.4. The quantitative estimate of drug-likeness (QED) is 0.225. The van der Waals surface area contributed by atoms with Crippen molar-refractivity contribution in [3.63, 3.8) is 0 Å². The van der Waals surface area contributed by atoms with Gasteiger partial charge in [0.1, 0.15) is 11.4 Å². The molecule has 3 aromatic rings. The third-order valence-corrected chi connectivity index (χ3v) is 5.81. The van der Waals surface area contributed by atoms with Crippen molar-refractivity contribution in [2.24, 2.45) is 0 Å². The Morgan fingerprint density at radius 3 is 2.11 bits per heavy atom. The highest BCUT2D eigenvalue weighted by Crippen LogP contribution is 2.44. The summed E-state index contributed by atoms with van der Waals surface area (Å²) in [6, 6.07) is 12.0. The largest absolute Gasteiger partial charge is 0.417 e. The first-order chi connectivity index (χ1) is 17.9. The fourth-order valence-electron chi connectivity index (χ4n) is 4.17. The van der Waals surface area contributed by atoms with Gasteiger partial charge in [-0.25, -0.2) is 18.7 Å². The van der Waals surface area contributed by atoms with Crippen molar-refractivity contribution in [1.29, 1.82) is 0 Å². The molecule has 3 aromatic carbocycles. The molecule has 5 rings (SSSR count). The molecule has 12 heteroatoms. The van der Waals surface area contributed by atoms with E-state index in [4.69, 9.17) is 0 Å². The van der Waals surface area contributed by atoms with Crippen molar-refractivity contribution in [2.75, 3.05) is 0 Å². The molecule has 2 heterocycles. The summed E-state index contributed by atoms with van der Waals surface area (Å²) in [7, 11) is 0. The maximum absolute atomic E-state index is 14.3. The Morgan fingerprint density at radius 2 is 1.42 bits per heavy atom. The minimum absolute atomic E-state index is 0.0139. The van der Waals surface area contributed by atoms with Gasteiger partial charge in [0.05, 0.1) is 35.6 Å². The van der Waals surface area contributed by atoms with E-state index >= 15 is 0 Å². The lowest BCUT2D eigenvalue weighted by Crippen LogP contribution is -2.20. The number of nitrogens with zero attached hydrogens (tertiary/aromatic N) is 4. The van der Waals surface area contributed by atoms with E-state index in [1.54, 1.807) is 6.07 Å². The second-order valence-electron chi connectivity index (χ2n) is 8.27. The molecule has 0 unspecified atom stereocenters. The van der Waals surface area contributed by atoms with Crippen molar-refractivity contribution in [2.45, 2.75) is 18.9 Å². The van der Waals surface area contributed by atoms with Crippen LogP contribution < -0.4 is 0 Å². The molecule has 0 bridgehead atoms. The van der Waals surface area contributed by atoms with Crippen LogP contribution in [0, 0.1) is 11.6 Å². The second-order valence-corrected chi connectivity index (χ2v) is 8.27. The molecule has 194 valence electrons. The number of fused-ring (bicyclic) bond motifs is 1. The molecule has 0 saturated heterocycles. The number of imidazole rings is 1. The Labute approximate surface area is 209 Å². The molecule has 0 radical (unpaired) electrons. The standard InChI is InChI=1S/C26H14F8N4/c27-19-8-4-7-16(23(19)28)24-36-20-11-35-38(13-21(20)37-24)12-17-18(25(29,30)31)10-9-15(22(17)26(32,33)34)14-5-2-1-3-6-14/h1-11,13H,12H2. The SMILES string of the molecule is Fc1cccc(-c2nc3cnn(Cc4c(C(F)(F)F)ccc(-c5ccccc5)c4C(F)(F)F)cc-3n2)c1F. The number of halogens is 8. The van der Waals surface area contributed by atoms with Crippen LogP contribution in [-0.2, 0) is 18.9 Å². The molecule has 0 atom stereocenters. The molecular weight excluding hydrogens is 520 g/mol. The lowest BCUT2D eigenvalue weighted by Gasteiger charge is -2.22. The zero-order chi connectivity index (χ0) is 27.2. The molecule has 0 saturated carbocycles. The van der Waals surface area contributed by atoms with Crippen LogP contribution in [0.25, 0.3) is 33.9 Å². The average molecular weight is 534 g/mol. The van der Waals surface area contributed by atoms with E-state index in [-0.39, 0.29) is 28.3 Å². The molecule has 0 amide bonds. The highest BCUT2D eigenvalue weighted by molar-refractivity contribution is 5.71. The lowest BCUT2D eigenvalue weighted by molar-refractivity contribution is -0.144. The Hall–Kier alpha value is -4.35. The van der Waals surface area contributed by atoms with E-state index in [2.05, 4.69) is 15.1 Å². The van der Waals surface area contributed by atoms with E-state index in [9.17, 15) is 35.1 Å². The van der Waals surface area contributed by atoms with Crippen LogP contribution in [0.2, 0.25) is 0 Å². The van der Waals surface area contributed by atoms with Gasteiger partial charge >= 0.3 is 12.4 Å². The summed E-state index contributed by atoms with van der Waals surface area (Å²) < 4.78 is 113. The number of aromatic nitrogens is 4. The van der Waals surface area contributed by atoms with Crippen molar-refractivity contribution < 1.29 is 35.1 Å². The van der Waals surface area contributed by atoms with E-state index in [0.717, 1.165) is 29.2 Å². The van der Waals surface area contributed by atoms with Gasteiger partial charge in [-0.2, -0.15) is 31.4 Å². The molecule has 0 N–H and O–H groups in total. The Morgan fingerprint density at radius 1 is 0.711 bits per heavy atom. The maximum Gasteiger partial charge on any atom is 0.417 e. The average Bonchev–Trinajstić information content (AvgIpc) is 3.28. The van der Waals surface area contributed by atoms with Crippen molar-refractivity contribution in [1.82, 2.24) is 19.7 Å². The van der Waals surface area contributed by atoms with Crippen LogP contribution >= 0.6 is 0 Å². The van der Waals surface area contributed by atoms with Gasteiger partial charge in [-0.1, -0.05) is 42.5 Å². The number of rotatable bonds is 4. The summed E-state index contributed by atoms with van der Waals surface area (Å²) in [6.07, 6.45) is -8.05. The van der Waals surface area contributed by atoms with Gasteiger partial charge in [0, 0.05) is 0 Å². The predicted octanol–water partition coefficient (Wildman–Crippen LogP) is 7.48. The third-order valence-electron chi connectivity index (χ3n) is 5.81. The van der Waals surface area contributed by atoms with Gasteiger partial charge in [-0.05, 0) is 34.9 Å². The molecule has 2 aliphatic rings. The fourth-order valence-corrected chi connectivity index (χ4v) is 4.17. The molecular formula is C26H14F8N4. The van der Waals surface area contributed by atoms with Crippen LogP contribution in [0.4, 0.5) is 35.1 Å². The fraction of sp³-hybridized carbons (Fsp3) is 0.115. The van der Waals surface area contributed by atoms with Crippen molar-refractivity contribution in [3.05, 3.63) is 101 Å². The van der Waals surface area contributed by atoms with Gasteiger partial charge < -0.3 is 0 Å². The van der Waals surface area contributed by atoms with Crippen LogP contribution in [0.5, 0.6) is 0 Å². The summed E-state index contributed by atoms with van der Waals surface area (Å²) in [5.74, 6) is -2.55. The van der Waals surface area contributed by atoms with E-state index in [0.29, 0.717) is 6.07 Å². The summed E-state index contributed by atoms with van der Waals surface area (Å²) in [4.78, 5) is 8.12. The van der Waals surface area contributed by atoms with Crippen LogP contribution in [0.3, 0.4) is 0 Å². The number of benzene rings is 3. The molecule has 38 heavy (non-hydrogen) atoms. The second kappa shape index (κ2) is 9.19. The minimum atomic E-state index is -5.13. The van der Waals surface area contributed by atoms with Gasteiger partial charge in [0.25, 0.3) is 0 Å². The summed E-state index contributed by atoms with van der Waals surface area (Å²) in [5.41, 5.74) is -4.42. The molecule has 0 aliphatic carbocycles. The Balaban J connectivity index is 1.65. The molecule has 0 fully saturated rings. The number of hydrogen-bond donors (Lipinski definition) is 0. The van der Waals surface area contributed by atoms with Crippen molar-refractivity contribution >= 4 is 0 Å². The zero-order valence-corrected chi connectivity index (χ0v) is 18.9. The summed E-state index contributed by atoms with van der Waals surface area (Å²) in [5, 5.41) is 3.91.